The van der Waals surface area contributed by atoms with Crippen molar-refractivity contribution in [2.45, 2.75) is 26.9 Å². The van der Waals surface area contributed by atoms with Gasteiger partial charge >= 0.3 is 6.09 Å². The summed E-state index contributed by atoms with van der Waals surface area (Å²) < 4.78 is 18.5. The van der Waals surface area contributed by atoms with E-state index < -0.39 is 6.09 Å². The summed E-state index contributed by atoms with van der Waals surface area (Å²) in [5.74, 6) is 0.0766. The molecule has 2 heterocycles. The predicted molar refractivity (Wildman–Crippen MR) is 92.9 cm³/mol. The number of halogens is 1. The fourth-order valence-electron chi connectivity index (χ4n) is 3.02. The van der Waals surface area contributed by atoms with Crippen molar-refractivity contribution in [3.8, 4) is 5.88 Å². The summed E-state index contributed by atoms with van der Waals surface area (Å²) in [5.41, 5.74) is 4.89. The number of pyridine rings is 1. The topological polar surface area (TPSA) is 42.4 Å². The van der Waals surface area contributed by atoms with Crippen LogP contribution in [-0.4, -0.2) is 16.0 Å². The smallest absolute Gasteiger partial charge is 0.391 e. The molecule has 0 N–H and O–H groups in total. The third-order valence-electron chi connectivity index (χ3n) is 4.56. The van der Waals surface area contributed by atoms with Crippen LogP contribution in [0.3, 0.4) is 0 Å². The number of hydrogen-bond donors (Lipinski definition) is 0. The van der Waals surface area contributed by atoms with Gasteiger partial charge in [0.2, 0.25) is 5.88 Å². The van der Waals surface area contributed by atoms with Crippen molar-refractivity contribution in [3.63, 3.8) is 0 Å². The number of aryl methyl sites for hydroxylation is 2. The van der Waals surface area contributed by atoms with Crippen molar-refractivity contribution in [3.05, 3.63) is 70.5 Å². The Kier molecular flexibility index (Phi) is 3.64. The Morgan fingerprint density at radius 1 is 1.12 bits per heavy atom. The number of carbonyl (C=O) groups is 1. The van der Waals surface area contributed by atoms with E-state index >= 15 is 0 Å². The van der Waals surface area contributed by atoms with Crippen LogP contribution in [0.4, 0.5) is 9.18 Å². The molecule has 0 fully saturated rings. The number of carbonyl (C=O) groups excluding carboxylic acids is 1. The van der Waals surface area contributed by atoms with E-state index in [9.17, 15) is 9.18 Å². The Hall–Kier alpha value is -2.95. The summed E-state index contributed by atoms with van der Waals surface area (Å²) >= 11 is 0. The van der Waals surface area contributed by atoms with Gasteiger partial charge in [0, 0.05) is 17.5 Å². The Morgan fingerprint density at radius 2 is 1.84 bits per heavy atom. The number of ether oxygens (including phenoxy) is 1. The van der Waals surface area contributed by atoms with Crippen molar-refractivity contribution >= 4 is 17.0 Å². The number of hydrogen-bond acceptors (Lipinski definition) is 3. The first-order valence-corrected chi connectivity index (χ1v) is 8.12. The van der Waals surface area contributed by atoms with Crippen LogP contribution in [0.5, 0.6) is 5.88 Å². The third-order valence-corrected chi connectivity index (χ3v) is 4.56. The SMILES string of the molecule is Cc1cc2cc3c(nc2cc1C)OC(=O)N(Cc1ccc(F)cc1)C3. The van der Waals surface area contributed by atoms with Gasteiger partial charge in [-0.25, -0.2) is 14.2 Å². The highest BCUT2D eigenvalue weighted by Gasteiger charge is 2.26. The highest BCUT2D eigenvalue weighted by atomic mass is 19.1. The van der Waals surface area contributed by atoms with Crippen LogP contribution in [0.25, 0.3) is 10.9 Å². The molecule has 0 saturated heterocycles. The molecular formula is C20H17FN2O2. The van der Waals surface area contributed by atoms with Gasteiger partial charge in [-0.15, -0.1) is 0 Å². The number of fused-ring (bicyclic) bond motifs is 2. The number of rotatable bonds is 2. The molecule has 1 aliphatic rings. The van der Waals surface area contributed by atoms with Crippen LogP contribution in [-0.2, 0) is 13.1 Å². The van der Waals surface area contributed by atoms with Crippen LogP contribution in [0.15, 0.2) is 42.5 Å². The number of amides is 1. The lowest BCUT2D eigenvalue weighted by Crippen LogP contribution is -2.36. The standard InChI is InChI=1S/C20H17FN2O2/c1-12-7-15-9-16-11-23(10-14-3-5-17(21)6-4-14)20(24)25-19(16)22-18(15)8-13(12)2/h3-9H,10-11H2,1-2H3. The zero-order valence-electron chi connectivity index (χ0n) is 14.0. The Balaban J connectivity index is 1.66. The molecule has 1 aromatic heterocycles. The largest absolute Gasteiger partial charge is 0.417 e. The van der Waals surface area contributed by atoms with Gasteiger partial charge in [0.25, 0.3) is 0 Å². The first kappa shape index (κ1) is 15.6. The number of aromatic nitrogens is 1. The van der Waals surface area contributed by atoms with Crippen LogP contribution >= 0.6 is 0 Å². The van der Waals surface area contributed by atoms with E-state index in [0.717, 1.165) is 27.6 Å². The minimum absolute atomic E-state index is 0.295. The van der Waals surface area contributed by atoms with Gasteiger partial charge in [-0.3, -0.25) is 4.90 Å². The summed E-state index contributed by atoms with van der Waals surface area (Å²) in [5, 5.41) is 1.03. The van der Waals surface area contributed by atoms with E-state index in [0.29, 0.717) is 19.0 Å². The molecule has 5 heteroatoms. The lowest BCUT2D eigenvalue weighted by molar-refractivity contribution is 0.133. The van der Waals surface area contributed by atoms with Crippen LogP contribution in [0.1, 0.15) is 22.3 Å². The third kappa shape index (κ3) is 2.93. The second-order valence-corrected chi connectivity index (χ2v) is 6.43. The van der Waals surface area contributed by atoms with Crippen molar-refractivity contribution in [2.24, 2.45) is 0 Å². The first-order chi connectivity index (χ1) is 12.0. The van der Waals surface area contributed by atoms with Gasteiger partial charge in [-0.2, -0.15) is 0 Å². The monoisotopic (exact) mass is 336 g/mol. The van der Waals surface area contributed by atoms with Crippen LogP contribution in [0.2, 0.25) is 0 Å². The molecule has 4 nitrogen and oxygen atoms in total. The quantitative estimate of drug-likeness (QED) is 0.692. The maximum absolute atomic E-state index is 13.0. The molecule has 1 amide bonds. The fraction of sp³-hybridized carbons (Fsp3) is 0.200. The molecule has 1 aliphatic heterocycles. The van der Waals surface area contributed by atoms with E-state index in [1.807, 2.05) is 19.1 Å². The summed E-state index contributed by atoms with van der Waals surface area (Å²) in [7, 11) is 0. The van der Waals surface area contributed by atoms with Gasteiger partial charge in [-0.05, 0) is 60.9 Å². The van der Waals surface area contributed by atoms with E-state index in [1.54, 1.807) is 17.0 Å². The van der Waals surface area contributed by atoms with Crippen molar-refractivity contribution in [1.82, 2.24) is 9.88 Å². The molecule has 3 aromatic rings. The zero-order chi connectivity index (χ0) is 17.6. The summed E-state index contributed by atoms with van der Waals surface area (Å²) in [6.07, 6.45) is -0.437. The minimum Gasteiger partial charge on any atom is -0.391 e. The second kappa shape index (κ2) is 5.84. The first-order valence-electron chi connectivity index (χ1n) is 8.12. The number of nitrogens with zero attached hydrogens (tertiary/aromatic N) is 2. The molecule has 4 rings (SSSR count). The summed E-state index contributed by atoms with van der Waals surface area (Å²) in [6, 6.07) is 12.2. The van der Waals surface area contributed by atoms with Gasteiger partial charge in [0.15, 0.2) is 0 Å². The molecule has 0 unspecified atom stereocenters. The summed E-state index contributed by atoms with van der Waals surface area (Å²) in [6.45, 7) is 4.88. The maximum Gasteiger partial charge on any atom is 0.417 e. The Labute approximate surface area is 144 Å². The van der Waals surface area contributed by atoms with Crippen LogP contribution in [0, 0.1) is 19.7 Å². The Bertz CT molecular complexity index is 983. The second-order valence-electron chi connectivity index (χ2n) is 6.43. The molecule has 126 valence electrons. The van der Waals surface area contributed by atoms with Crippen molar-refractivity contribution < 1.29 is 13.9 Å². The Morgan fingerprint density at radius 3 is 2.60 bits per heavy atom. The van der Waals surface area contributed by atoms with E-state index in [-0.39, 0.29) is 5.82 Å². The normalized spacial score (nSPS) is 13.7. The lowest BCUT2D eigenvalue weighted by atomic mass is 10.0. The summed E-state index contributed by atoms with van der Waals surface area (Å²) in [4.78, 5) is 18.4. The van der Waals surface area contributed by atoms with E-state index in [2.05, 4.69) is 18.0 Å². The van der Waals surface area contributed by atoms with Gasteiger partial charge in [0.05, 0.1) is 12.1 Å². The molecule has 0 radical (unpaired) electrons. The fourth-order valence-corrected chi connectivity index (χ4v) is 3.02. The molecule has 0 spiro atoms. The lowest BCUT2D eigenvalue weighted by Gasteiger charge is -2.27. The minimum atomic E-state index is -0.437. The number of benzene rings is 2. The van der Waals surface area contributed by atoms with E-state index in [4.69, 9.17) is 4.74 Å². The van der Waals surface area contributed by atoms with Crippen LogP contribution < -0.4 is 4.74 Å². The maximum atomic E-state index is 13.0. The molecule has 0 aliphatic carbocycles. The van der Waals surface area contributed by atoms with E-state index in [1.165, 1.54) is 17.7 Å². The molecule has 2 aromatic carbocycles. The van der Waals surface area contributed by atoms with Gasteiger partial charge < -0.3 is 4.74 Å². The molecular weight excluding hydrogens is 319 g/mol. The highest BCUT2D eigenvalue weighted by Crippen LogP contribution is 2.29. The zero-order valence-corrected chi connectivity index (χ0v) is 14.0. The van der Waals surface area contributed by atoms with Crippen molar-refractivity contribution in [2.75, 3.05) is 0 Å². The van der Waals surface area contributed by atoms with Gasteiger partial charge in [-0.1, -0.05) is 12.1 Å². The average Bonchev–Trinajstić information content (AvgIpc) is 2.57. The molecule has 0 saturated carbocycles. The average molecular weight is 336 g/mol. The molecule has 0 bridgehead atoms. The molecule has 0 atom stereocenters. The predicted octanol–water partition coefficient (Wildman–Crippen LogP) is 4.51. The highest BCUT2D eigenvalue weighted by molar-refractivity contribution is 5.83. The molecule has 25 heavy (non-hydrogen) atoms. The van der Waals surface area contributed by atoms with Crippen molar-refractivity contribution in [1.29, 1.82) is 0 Å². The van der Waals surface area contributed by atoms with Gasteiger partial charge in [0.1, 0.15) is 5.82 Å².